The maximum absolute atomic E-state index is 9.10. The van der Waals surface area contributed by atoms with Crippen molar-refractivity contribution in [1.29, 1.82) is 0 Å². The maximum atomic E-state index is 9.10. The molecule has 0 unspecified atom stereocenters. The fourth-order valence-corrected chi connectivity index (χ4v) is 1.80. The molecule has 0 amide bonds. The van der Waals surface area contributed by atoms with E-state index < -0.39 is 11.9 Å². The maximum Gasteiger partial charge on any atom is 0.414 e. The normalized spacial score (nSPS) is 9.46. The van der Waals surface area contributed by atoms with Crippen LogP contribution in [0.1, 0.15) is 16.7 Å². The minimum atomic E-state index is -1.82. The van der Waals surface area contributed by atoms with Crippen LogP contribution >= 0.6 is 0 Å². The van der Waals surface area contributed by atoms with Crippen LogP contribution in [0.5, 0.6) is 5.75 Å². The van der Waals surface area contributed by atoms with E-state index in [-0.39, 0.29) is 0 Å². The smallest absolute Gasteiger partial charge is 0.414 e. The van der Waals surface area contributed by atoms with E-state index in [1.54, 1.807) is 7.11 Å². The van der Waals surface area contributed by atoms with Gasteiger partial charge in [-0.25, -0.2) is 9.59 Å². The number of anilines is 1. The molecule has 0 radical (unpaired) electrons. The van der Waals surface area contributed by atoms with Gasteiger partial charge < -0.3 is 20.3 Å². The Hall–Kier alpha value is -3.02. The van der Waals surface area contributed by atoms with Crippen molar-refractivity contribution in [3.8, 4) is 5.75 Å². The second kappa shape index (κ2) is 9.19. The summed E-state index contributed by atoms with van der Waals surface area (Å²) in [7, 11) is 1.68. The molecule has 0 saturated carbocycles. The zero-order valence-electron chi connectivity index (χ0n) is 13.9. The highest BCUT2D eigenvalue weighted by atomic mass is 16.5. The molecule has 6 heteroatoms. The molecule has 2 aromatic rings. The van der Waals surface area contributed by atoms with E-state index >= 15 is 0 Å². The van der Waals surface area contributed by atoms with Crippen molar-refractivity contribution < 1.29 is 24.5 Å². The van der Waals surface area contributed by atoms with Gasteiger partial charge in [0.2, 0.25) is 0 Å². The van der Waals surface area contributed by atoms with Gasteiger partial charge in [-0.15, -0.1) is 0 Å². The molecular weight excluding hydrogens is 310 g/mol. The molecule has 0 aliphatic heterocycles. The predicted molar refractivity (Wildman–Crippen MR) is 91.5 cm³/mol. The number of aliphatic carboxylic acids is 2. The summed E-state index contributed by atoms with van der Waals surface area (Å²) >= 11 is 0. The summed E-state index contributed by atoms with van der Waals surface area (Å²) in [4.78, 5) is 18.2. The molecule has 0 bridgehead atoms. The molecule has 0 atom stereocenters. The molecule has 128 valence electrons. The van der Waals surface area contributed by atoms with Gasteiger partial charge >= 0.3 is 11.9 Å². The van der Waals surface area contributed by atoms with E-state index in [0.717, 1.165) is 18.0 Å². The van der Waals surface area contributed by atoms with Gasteiger partial charge in [0.15, 0.2) is 0 Å². The molecule has 0 aromatic heterocycles. The Labute approximate surface area is 140 Å². The number of carboxylic acid groups (broad SMARTS) is 2. The van der Waals surface area contributed by atoms with Crippen LogP contribution in [0.3, 0.4) is 0 Å². The highest BCUT2D eigenvalue weighted by Gasteiger charge is 2.04. The van der Waals surface area contributed by atoms with Crippen LogP contribution in [0, 0.1) is 13.8 Å². The summed E-state index contributed by atoms with van der Waals surface area (Å²) in [5.74, 6) is -2.75. The first-order valence-electron chi connectivity index (χ1n) is 7.23. The zero-order valence-corrected chi connectivity index (χ0v) is 13.9. The first-order valence-corrected chi connectivity index (χ1v) is 7.23. The molecule has 6 nitrogen and oxygen atoms in total. The van der Waals surface area contributed by atoms with Gasteiger partial charge in [-0.1, -0.05) is 18.2 Å². The third-order valence-corrected chi connectivity index (χ3v) is 3.35. The summed E-state index contributed by atoms with van der Waals surface area (Å²) in [5, 5.41) is 18.2. The third kappa shape index (κ3) is 6.39. The van der Waals surface area contributed by atoms with E-state index in [1.165, 1.54) is 16.7 Å². The Bertz CT molecular complexity index is 683. The summed E-state index contributed by atoms with van der Waals surface area (Å²) < 4.78 is 5.14. The number of aryl methyl sites for hydroxylation is 2. The minimum Gasteiger partial charge on any atom is -0.497 e. The molecule has 0 spiro atoms. The molecule has 2 rings (SSSR count). The van der Waals surface area contributed by atoms with E-state index in [4.69, 9.17) is 24.5 Å². The number of benzene rings is 2. The van der Waals surface area contributed by atoms with E-state index in [1.807, 2.05) is 12.1 Å². The van der Waals surface area contributed by atoms with Crippen LogP contribution in [0.4, 0.5) is 5.69 Å². The van der Waals surface area contributed by atoms with E-state index in [9.17, 15) is 0 Å². The Kier molecular flexibility index (Phi) is 7.29. The highest BCUT2D eigenvalue weighted by Crippen LogP contribution is 2.16. The highest BCUT2D eigenvalue weighted by molar-refractivity contribution is 6.27. The average Bonchev–Trinajstić information content (AvgIpc) is 2.57. The number of hydrogen-bond donors (Lipinski definition) is 3. The summed E-state index contributed by atoms with van der Waals surface area (Å²) in [6.07, 6.45) is 0. The Morgan fingerprint density at radius 2 is 1.54 bits per heavy atom. The van der Waals surface area contributed by atoms with Gasteiger partial charge in [0, 0.05) is 12.2 Å². The van der Waals surface area contributed by atoms with Crippen LogP contribution in [-0.2, 0) is 16.1 Å². The van der Waals surface area contributed by atoms with Gasteiger partial charge in [-0.3, -0.25) is 0 Å². The summed E-state index contributed by atoms with van der Waals surface area (Å²) in [5.41, 5.74) is 5.04. The Morgan fingerprint density at radius 3 is 2.00 bits per heavy atom. The molecular formula is C18H21NO5. The third-order valence-electron chi connectivity index (χ3n) is 3.35. The number of carbonyl (C=O) groups is 2. The van der Waals surface area contributed by atoms with E-state index in [0.29, 0.717) is 0 Å². The number of ether oxygens (including phenoxy) is 1. The van der Waals surface area contributed by atoms with Gasteiger partial charge in [0.1, 0.15) is 5.75 Å². The predicted octanol–water partition coefficient (Wildman–Crippen LogP) is 3.08. The van der Waals surface area contributed by atoms with Crippen molar-refractivity contribution in [3.63, 3.8) is 0 Å². The van der Waals surface area contributed by atoms with Gasteiger partial charge in [0.05, 0.1) is 7.11 Å². The second-order valence-electron chi connectivity index (χ2n) is 5.11. The van der Waals surface area contributed by atoms with E-state index in [2.05, 4.69) is 49.5 Å². The number of nitrogens with one attached hydrogen (secondary N) is 1. The van der Waals surface area contributed by atoms with Crippen molar-refractivity contribution in [3.05, 3.63) is 59.2 Å². The zero-order chi connectivity index (χ0) is 18.1. The summed E-state index contributed by atoms with van der Waals surface area (Å²) in [6, 6.07) is 14.6. The molecule has 24 heavy (non-hydrogen) atoms. The largest absolute Gasteiger partial charge is 0.497 e. The molecule has 0 saturated heterocycles. The van der Waals surface area contributed by atoms with Gasteiger partial charge in [-0.05, 0) is 54.8 Å². The molecule has 3 N–H and O–H groups in total. The number of hydrogen-bond acceptors (Lipinski definition) is 4. The van der Waals surface area contributed by atoms with Crippen LogP contribution in [0.2, 0.25) is 0 Å². The molecule has 0 heterocycles. The first kappa shape index (κ1) is 19.0. The lowest BCUT2D eigenvalue weighted by Crippen LogP contribution is -2.09. The van der Waals surface area contributed by atoms with Crippen molar-refractivity contribution >= 4 is 17.6 Å². The van der Waals surface area contributed by atoms with Crippen molar-refractivity contribution in [2.24, 2.45) is 0 Å². The Balaban J connectivity index is 0.000000413. The molecule has 0 fully saturated rings. The molecule has 0 aliphatic carbocycles. The fourth-order valence-electron chi connectivity index (χ4n) is 1.80. The monoisotopic (exact) mass is 331 g/mol. The standard InChI is InChI=1S/C16H19NO.C2H2O4/c1-12-4-7-15(10-13(12)2)17-11-14-5-8-16(18-3)9-6-14;3-1(4)2(5)6/h4-10,17H,11H2,1-3H3;(H,3,4)(H,5,6). The van der Waals surface area contributed by atoms with Gasteiger partial charge in [-0.2, -0.15) is 0 Å². The minimum absolute atomic E-state index is 0.826. The lowest BCUT2D eigenvalue weighted by atomic mass is 10.1. The van der Waals surface area contributed by atoms with Crippen LogP contribution < -0.4 is 10.1 Å². The number of methoxy groups -OCH3 is 1. The van der Waals surface area contributed by atoms with Crippen molar-refractivity contribution in [2.75, 3.05) is 12.4 Å². The number of carboxylic acids is 2. The molecule has 2 aromatic carbocycles. The lowest BCUT2D eigenvalue weighted by molar-refractivity contribution is -0.159. The van der Waals surface area contributed by atoms with Crippen molar-refractivity contribution in [1.82, 2.24) is 0 Å². The topological polar surface area (TPSA) is 95.9 Å². The lowest BCUT2D eigenvalue weighted by Gasteiger charge is -2.09. The van der Waals surface area contributed by atoms with Crippen LogP contribution in [0.25, 0.3) is 0 Å². The fraction of sp³-hybridized carbons (Fsp3) is 0.222. The SMILES string of the molecule is COc1ccc(CNc2ccc(C)c(C)c2)cc1.O=C(O)C(=O)O. The second-order valence-corrected chi connectivity index (χ2v) is 5.11. The Morgan fingerprint density at radius 1 is 0.958 bits per heavy atom. The van der Waals surface area contributed by atoms with Crippen LogP contribution in [-0.4, -0.2) is 29.3 Å². The quantitative estimate of drug-likeness (QED) is 0.745. The molecule has 0 aliphatic rings. The van der Waals surface area contributed by atoms with Crippen LogP contribution in [0.15, 0.2) is 42.5 Å². The summed E-state index contributed by atoms with van der Waals surface area (Å²) in [6.45, 7) is 5.09. The average molecular weight is 331 g/mol. The number of rotatable bonds is 4. The van der Waals surface area contributed by atoms with Crippen molar-refractivity contribution in [2.45, 2.75) is 20.4 Å². The van der Waals surface area contributed by atoms with Gasteiger partial charge in [0.25, 0.3) is 0 Å². The first-order chi connectivity index (χ1) is 11.3.